The van der Waals surface area contributed by atoms with Crippen molar-refractivity contribution in [3.63, 3.8) is 0 Å². The summed E-state index contributed by atoms with van der Waals surface area (Å²) in [5.41, 5.74) is -0.841. The van der Waals surface area contributed by atoms with E-state index >= 15 is 0 Å². The standard InChI is InChI=1S/C16H32N2O3/c1-5-9-17-16(4,15(19)20)12-13(3)18-10-7-14(8-11-18)21-6-2/h13-14,17H,5-12H2,1-4H3,(H,19,20). The van der Waals surface area contributed by atoms with Gasteiger partial charge < -0.3 is 20.1 Å². The van der Waals surface area contributed by atoms with E-state index in [1.165, 1.54) is 0 Å². The average molecular weight is 300 g/mol. The molecule has 21 heavy (non-hydrogen) atoms. The molecule has 0 saturated carbocycles. The number of piperidine rings is 1. The first kappa shape index (κ1) is 18.4. The molecule has 0 aromatic carbocycles. The Hall–Kier alpha value is -0.650. The van der Waals surface area contributed by atoms with Crippen LogP contribution in [0.25, 0.3) is 0 Å². The summed E-state index contributed by atoms with van der Waals surface area (Å²) in [4.78, 5) is 14.0. The number of carbonyl (C=O) groups is 1. The van der Waals surface area contributed by atoms with E-state index in [-0.39, 0.29) is 6.04 Å². The maximum absolute atomic E-state index is 11.6. The molecule has 1 saturated heterocycles. The van der Waals surface area contributed by atoms with E-state index in [4.69, 9.17) is 4.74 Å². The molecule has 0 spiro atoms. The van der Waals surface area contributed by atoms with Gasteiger partial charge >= 0.3 is 5.97 Å². The van der Waals surface area contributed by atoms with Gasteiger partial charge in [-0.3, -0.25) is 4.79 Å². The number of carboxylic acids is 1. The fraction of sp³-hybridized carbons (Fsp3) is 0.938. The molecule has 124 valence electrons. The highest BCUT2D eigenvalue weighted by atomic mass is 16.5. The Labute approximate surface area is 129 Å². The minimum atomic E-state index is -0.841. The number of aliphatic carboxylic acids is 1. The van der Waals surface area contributed by atoms with E-state index in [9.17, 15) is 9.90 Å². The second-order valence-corrected chi connectivity index (χ2v) is 6.31. The predicted molar refractivity (Wildman–Crippen MR) is 84.6 cm³/mol. The predicted octanol–water partition coefficient (Wildman–Crippen LogP) is 2.11. The third-order valence-corrected chi connectivity index (χ3v) is 4.44. The van der Waals surface area contributed by atoms with Crippen LogP contribution >= 0.6 is 0 Å². The van der Waals surface area contributed by atoms with Crippen molar-refractivity contribution in [1.82, 2.24) is 10.2 Å². The Balaban J connectivity index is 2.50. The van der Waals surface area contributed by atoms with Crippen LogP contribution in [0.15, 0.2) is 0 Å². The Kier molecular flexibility index (Phi) is 7.63. The van der Waals surface area contributed by atoms with Gasteiger partial charge in [0.1, 0.15) is 5.54 Å². The SMILES string of the molecule is CCCNC(C)(CC(C)N1CCC(OCC)CC1)C(=O)O. The highest BCUT2D eigenvalue weighted by Gasteiger charge is 2.36. The smallest absolute Gasteiger partial charge is 0.323 e. The van der Waals surface area contributed by atoms with Crippen LogP contribution < -0.4 is 5.32 Å². The van der Waals surface area contributed by atoms with E-state index in [2.05, 4.69) is 24.1 Å². The topological polar surface area (TPSA) is 61.8 Å². The molecule has 2 N–H and O–H groups in total. The third-order valence-electron chi connectivity index (χ3n) is 4.44. The summed E-state index contributed by atoms with van der Waals surface area (Å²) < 4.78 is 5.67. The van der Waals surface area contributed by atoms with Crippen molar-refractivity contribution < 1.29 is 14.6 Å². The Morgan fingerprint density at radius 3 is 2.52 bits per heavy atom. The van der Waals surface area contributed by atoms with Crippen molar-refractivity contribution in [3.05, 3.63) is 0 Å². The van der Waals surface area contributed by atoms with Gasteiger partial charge in [-0.05, 0) is 53.0 Å². The van der Waals surface area contributed by atoms with Gasteiger partial charge in [0.05, 0.1) is 6.10 Å². The monoisotopic (exact) mass is 300 g/mol. The van der Waals surface area contributed by atoms with E-state index in [1.807, 2.05) is 6.92 Å². The van der Waals surface area contributed by atoms with Crippen LogP contribution in [0.1, 0.15) is 53.4 Å². The summed E-state index contributed by atoms with van der Waals surface area (Å²) in [5.74, 6) is -0.757. The highest BCUT2D eigenvalue weighted by Crippen LogP contribution is 2.22. The van der Waals surface area contributed by atoms with Crippen LogP contribution in [0.5, 0.6) is 0 Å². The second kappa shape index (κ2) is 8.71. The fourth-order valence-corrected chi connectivity index (χ4v) is 3.07. The first-order chi connectivity index (χ1) is 9.92. The molecule has 1 aliphatic heterocycles. The molecule has 1 heterocycles. The molecule has 0 aliphatic carbocycles. The molecule has 0 bridgehead atoms. The number of rotatable bonds is 9. The molecule has 0 radical (unpaired) electrons. The number of hydrogen-bond acceptors (Lipinski definition) is 4. The van der Waals surface area contributed by atoms with Crippen molar-refractivity contribution >= 4 is 5.97 Å². The number of nitrogens with zero attached hydrogens (tertiary/aromatic N) is 1. The summed E-state index contributed by atoms with van der Waals surface area (Å²) in [6.07, 6.45) is 4.04. The lowest BCUT2D eigenvalue weighted by Gasteiger charge is -2.39. The lowest BCUT2D eigenvalue weighted by molar-refractivity contribution is -0.145. The normalized spacial score (nSPS) is 21.9. The largest absolute Gasteiger partial charge is 0.480 e. The van der Waals surface area contributed by atoms with Crippen molar-refractivity contribution in [2.45, 2.75) is 71.1 Å². The van der Waals surface area contributed by atoms with Crippen LogP contribution in [0.4, 0.5) is 0 Å². The minimum Gasteiger partial charge on any atom is -0.480 e. The zero-order valence-corrected chi connectivity index (χ0v) is 14.0. The zero-order chi connectivity index (χ0) is 15.9. The van der Waals surface area contributed by atoms with Gasteiger partial charge in [-0.15, -0.1) is 0 Å². The maximum Gasteiger partial charge on any atom is 0.323 e. The van der Waals surface area contributed by atoms with Crippen molar-refractivity contribution in [3.8, 4) is 0 Å². The molecular weight excluding hydrogens is 268 g/mol. The number of likely N-dealkylation sites (tertiary alicyclic amines) is 1. The molecule has 0 aromatic heterocycles. The molecule has 1 rings (SSSR count). The molecule has 0 amide bonds. The van der Waals surface area contributed by atoms with Gasteiger partial charge in [-0.2, -0.15) is 0 Å². The van der Waals surface area contributed by atoms with Crippen LogP contribution in [0, 0.1) is 0 Å². The summed E-state index contributed by atoms with van der Waals surface area (Å²) in [6.45, 7) is 11.5. The summed E-state index contributed by atoms with van der Waals surface area (Å²) in [5, 5.41) is 12.7. The van der Waals surface area contributed by atoms with Gasteiger partial charge in [0.15, 0.2) is 0 Å². The van der Waals surface area contributed by atoms with E-state index in [0.29, 0.717) is 12.5 Å². The summed E-state index contributed by atoms with van der Waals surface area (Å²) in [6, 6.07) is 0.262. The minimum absolute atomic E-state index is 0.262. The van der Waals surface area contributed by atoms with Gasteiger partial charge in [0.25, 0.3) is 0 Å². The maximum atomic E-state index is 11.6. The van der Waals surface area contributed by atoms with E-state index in [0.717, 1.165) is 45.5 Å². The first-order valence-electron chi connectivity index (χ1n) is 8.27. The van der Waals surface area contributed by atoms with Crippen LogP contribution in [-0.4, -0.2) is 59.9 Å². The number of ether oxygens (including phenoxy) is 1. The van der Waals surface area contributed by atoms with E-state index in [1.54, 1.807) is 6.92 Å². The summed E-state index contributed by atoms with van der Waals surface area (Å²) >= 11 is 0. The van der Waals surface area contributed by atoms with E-state index < -0.39 is 11.5 Å². The van der Waals surface area contributed by atoms with Crippen LogP contribution in [0.2, 0.25) is 0 Å². The lowest BCUT2D eigenvalue weighted by atomic mass is 9.91. The van der Waals surface area contributed by atoms with Crippen LogP contribution in [0.3, 0.4) is 0 Å². The lowest BCUT2D eigenvalue weighted by Crippen LogP contribution is -2.54. The van der Waals surface area contributed by atoms with Gasteiger partial charge in [-0.25, -0.2) is 0 Å². The molecule has 5 nitrogen and oxygen atoms in total. The average Bonchev–Trinajstić information content (AvgIpc) is 2.46. The molecule has 1 fully saturated rings. The zero-order valence-electron chi connectivity index (χ0n) is 14.0. The Bertz CT molecular complexity index is 317. The molecule has 2 unspecified atom stereocenters. The number of carboxylic acid groups (broad SMARTS) is 1. The fourth-order valence-electron chi connectivity index (χ4n) is 3.07. The molecule has 2 atom stereocenters. The van der Waals surface area contributed by atoms with Crippen molar-refractivity contribution in [2.75, 3.05) is 26.2 Å². The number of nitrogens with one attached hydrogen (secondary N) is 1. The quantitative estimate of drug-likeness (QED) is 0.683. The second-order valence-electron chi connectivity index (χ2n) is 6.31. The van der Waals surface area contributed by atoms with Gasteiger partial charge in [0, 0.05) is 25.7 Å². The summed E-state index contributed by atoms with van der Waals surface area (Å²) in [7, 11) is 0. The van der Waals surface area contributed by atoms with Gasteiger partial charge in [0.2, 0.25) is 0 Å². The molecule has 1 aliphatic rings. The van der Waals surface area contributed by atoms with Gasteiger partial charge in [-0.1, -0.05) is 6.92 Å². The third kappa shape index (κ3) is 5.57. The van der Waals surface area contributed by atoms with Crippen molar-refractivity contribution in [2.24, 2.45) is 0 Å². The van der Waals surface area contributed by atoms with Crippen molar-refractivity contribution in [1.29, 1.82) is 0 Å². The highest BCUT2D eigenvalue weighted by molar-refractivity contribution is 5.78. The Morgan fingerprint density at radius 2 is 2.05 bits per heavy atom. The molecule has 5 heteroatoms. The molecular formula is C16H32N2O3. The number of hydrogen-bond donors (Lipinski definition) is 2. The first-order valence-corrected chi connectivity index (χ1v) is 8.27. The Morgan fingerprint density at radius 1 is 1.43 bits per heavy atom. The van der Waals surface area contributed by atoms with Crippen LogP contribution in [-0.2, 0) is 9.53 Å². The molecule has 0 aromatic rings.